The topological polar surface area (TPSA) is 89.9 Å². The van der Waals surface area contributed by atoms with Crippen LogP contribution in [-0.4, -0.2) is 48.2 Å². The van der Waals surface area contributed by atoms with Crippen LogP contribution in [0.5, 0.6) is 5.75 Å². The molecule has 0 bridgehead atoms. The van der Waals surface area contributed by atoms with Crippen LogP contribution < -0.4 is 10.1 Å². The second kappa shape index (κ2) is 12.4. The fourth-order valence-electron chi connectivity index (χ4n) is 5.75. The molecule has 11 heteroatoms. The molecule has 46 heavy (non-hydrogen) atoms. The van der Waals surface area contributed by atoms with Gasteiger partial charge in [0, 0.05) is 44.8 Å². The number of carbonyl (C=O) groups is 1. The number of carbonyl (C=O) groups excluding carboxylic acids is 1. The Bertz CT molecular complexity index is 2040. The van der Waals surface area contributed by atoms with Crippen LogP contribution in [0, 0.1) is 6.92 Å². The smallest absolute Gasteiger partial charge is 0.410 e. The number of amides is 1. The highest BCUT2D eigenvalue weighted by Gasteiger charge is 2.33. The van der Waals surface area contributed by atoms with Gasteiger partial charge >= 0.3 is 6.09 Å². The van der Waals surface area contributed by atoms with Crippen LogP contribution in [0.15, 0.2) is 83.8 Å². The first-order valence-electron chi connectivity index (χ1n) is 15.1. The molecule has 1 aliphatic rings. The maximum Gasteiger partial charge on any atom is 0.410 e. The molecular formula is C35H35Cl2N3O5S. The van der Waals surface area contributed by atoms with Crippen LogP contribution in [0.3, 0.4) is 0 Å². The number of anilines is 2. The van der Waals surface area contributed by atoms with E-state index in [1.165, 1.54) is 3.97 Å². The maximum atomic E-state index is 14.4. The SMILES string of the molecule is Cc1ccc(S(=O)(=O)n2c3ccc(Cl)cc3c3cc(Nc4ccc(Cl)cc4)cc(OCC4CCCN4C(=O)OC(C)(C)C)c32)cc1. The molecule has 0 aliphatic carbocycles. The highest BCUT2D eigenvalue weighted by Crippen LogP contribution is 2.41. The molecule has 0 spiro atoms. The first-order chi connectivity index (χ1) is 21.8. The maximum absolute atomic E-state index is 14.4. The number of aryl methyl sites for hydroxylation is 1. The molecule has 240 valence electrons. The third-order valence-electron chi connectivity index (χ3n) is 7.87. The Morgan fingerprint density at radius 3 is 2.30 bits per heavy atom. The van der Waals surface area contributed by atoms with Crippen molar-refractivity contribution in [3.63, 3.8) is 0 Å². The average molecular weight is 681 g/mol. The van der Waals surface area contributed by atoms with E-state index in [0.717, 1.165) is 24.1 Å². The normalized spacial score (nSPS) is 15.4. The third-order valence-corrected chi connectivity index (χ3v) is 10.1. The van der Waals surface area contributed by atoms with Crippen molar-refractivity contribution >= 4 is 72.5 Å². The predicted octanol–water partition coefficient (Wildman–Crippen LogP) is 9.17. The molecule has 1 aliphatic heterocycles. The summed E-state index contributed by atoms with van der Waals surface area (Å²) in [5.74, 6) is 0.341. The largest absolute Gasteiger partial charge is 0.489 e. The van der Waals surface area contributed by atoms with Crippen LogP contribution in [0.25, 0.3) is 21.8 Å². The molecule has 1 N–H and O–H groups in total. The van der Waals surface area contributed by atoms with E-state index in [0.29, 0.717) is 49.8 Å². The lowest BCUT2D eigenvalue weighted by Crippen LogP contribution is -2.42. The van der Waals surface area contributed by atoms with Gasteiger partial charge in [0.25, 0.3) is 10.0 Å². The number of halogens is 2. The van der Waals surface area contributed by atoms with Gasteiger partial charge in [0.05, 0.1) is 16.5 Å². The summed E-state index contributed by atoms with van der Waals surface area (Å²) in [6.45, 7) is 8.11. The summed E-state index contributed by atoms with van der Waals surface area (Å²) < 4.78 is 42.3. The van der Waals surface area contributed by atoms with Crippen molar-refractivity contribution in [2.24, 2.45) is 0 Å². The number of nitrogens with zero attached hydrogens (tertiary/aromatic N) is 2. The lowest BCUT2D eigenvalue weighted by atomic mass is 10.1. The average Bonchev–Trinajstić information content (AvgIpc) is 3.59. The van der Waals surface area contributed by atoms with Crippen LogP contribution >= 0.6 is 23.2 Å². The molecule has 1 unspecified atom stereocenters. The number of nitrogens with one attached hydrogen (secondary N) is 1. The van der Waals surface area contributed by atoms with Gasteiger partial charge in [0.1, 0.15) is 23.5 Å². The van der Waals surface area contributed by atoms with Gasteiger partial charge in [0.2, 0.25) is 0 Å². The zero-order chi connectivity index (χ0) is 32.8. The zero-order valence-corrected chi connectivity index (χ0v) is 28.3. The number of rotatable bonds is 7. The number of benzene rings is 4. The van der Waals surface area contributed by atoms with Crippen molar-refractivity contribution < 1.29 is 22.7 Å². The summed E-state index contributed by atoms with van der Waals surface area (Å²) in [5.41, 5.74) is 2.61. The lowest BCUT2D eigenvalue weighted by molar-refractivity contribution is 0.0188. The molecule has 4 aromatic carbocycles. The third kappa shape index (κ3) is 6.49. The highest BCUT2D eigenvalue weighted by molar-refractivity contribution is 7.90. The van der Waals surface area contributed by atoms with Crippen molar-refractivity contribution in [2.75, 3.05) is 18.5 Å². The van der Waals surface area contributed by atoms with E-state index in [4.69, 9.17) is 32.7 Å². The molecule has 1 aromatic heterocycles. The Morgan fingerprint density at radius 1 is 0.913 bits per heavy atom. The van der Waals surface area contributed by atoms with E-state index in [9.17, 15) is 13.2 Å². The second-order valence-corrected chi connectivity index (χ2v) is 15.2. The van der Waals surface area contributed by atoms with Gasteiger partial charge in [-0.15, -0.1) is 0 Å². The van der Waals surface area contributed by atoms with Gasteiger partial charge in [-0.25, -0.2) is 17.2 Å². The minimum Gasteiger partial charge on any atom is -0.489 e. The quantitative estimate of drug-likeness (QED) is 0.184. The molecule has 0 saturated carbocycles. The molecule has 1 fully saturated rings. The first-order valence-corrected chi connectivity index (χ1v) is 17.2. The van der Waals surface area contributed by atoms with Crippen molar-refractivity contribution in [3.8, 4) is 5.75 Å². The number of fused-ring (bicyclic) bond motifs is 3. The Balaban J connectivity index is 1.51. The fraction of sp³-hybridized carbons (Fsp3) is 0.286. The highest BCUT2D eigenvalue weighted by atomic mass is 35.5. The molecule has 1 amide bonds. The van der Waals surface area contributed by atoms with Crippen LogP contribution in [0.4, 0.5) is 16.2 Å². The van der Waals surface area contributed by atoms with E-state index in [-0.39, 0.29) is 17.5 Å². The zero-order valence-electron chi connectivity index (χ0n) is 26.0. The summed E-state index contributed by atoms with van der Waals surface area (Å²) in [6.07, 6.45) is 1.14. The molecule has 5 aromatic rings. The number of ether oxygens (including phenoxy) is 2. The first kappa shape index (κ1) is 32.0. The standard InChI is InChI=1S/C35H35Cl2N3O5S/c1-22-7-14-28(15-8-22)46(42,43)40-31-16-11-24(37)18-29(31)30-19-26(38-25-12-9-23(36)10-13-25)20-32(33(30)40)44-21-27-6-5-17-39(27)34(41)45-35(2,3)4/h7-16,18-20,27,38H,5-6,17,21H2,1-4H3. The van der Waals surface area contributed by atoms with Crippen molar-refractivity contribution in [2.45, 2.75) is 57.1 Å². The minimum atomic E-state index is -4.09. The lowest BCUT2D eigenvalue weighted by Gasteiger charge is -2.28. The molecular weight excluding hydrogens is 645 g/mol. The monoisotopic (exact) mass is 679 g/mol. The number of likely N-dealkylation sites (tertiary alicyclic amines) is 1. The summed E-state index contributed by atoms with van der Waals surface area (Å²) in [7, 11) is -4.09. The van der Waals surface area contributed by atoms with Gasteiger partial charge in [-0.1, -0.05) is 40.9 Å². The summed E-state index contributed by atoms with van der Waals surface area (Å²) in [4.78, 5) is 14.9. The van der Waals surface area contributed by atoms with Gasteiger partial charge in [-0.2, -0.15) is 0 Å². The second-order valence-electron chi connectivity index (χ2n) is 12.5. The van der Waals surface area contributed by atoms with E-state index in [1.54, 1.807) is 65.6 Å². The molecule has 1 saturated heterocycles. The van der Waals surface area contributed by atoms with Crippen LogP contribution in [-0.2, 0) is 14.8 Å². The van der Waals surface area contributed by atoms with E-state index >= 15 is 0 Å². The van der Waals surface area contributed by atoms with Gasteiger partial charge in [0.15, 0.2) is 0 Å². The Hall–Kier alpha value is -3.92. The number of aromatic nitrogens is 1. The van der Waals surface area contributed by atoms with E-state index < -0.39 is 21.7 Å². The van der Waals surface area contributed by atoms with Crippen LogP contribution in [0.2, 0.25) is 10.0 Å². The Kier molecular flexibility index (Phi) is 8.61. The Labute approximate surface area is 278 Å². The van der Waals surface area contributed by atoms with Crippen molar-refractivity contribution in [1.29, 1.82) is 0 Å². The molecule has 2 heterocycles. The van der Waals surface area contributed by atoms with Crippen LogP contribution in [0.1, 0.15) is 39.2 Å². The molecule has 8 nitrogen and oxygen atoms in total. The molecule has 6 rings (SSSR count). The number of hydrogen-bond donors (Lipinski definition) is 1. The summed E-state index contributed by atoms with van der Waals surface area (Å²) in [6, 6.07) is 22.6. The molecule has 0 radical (unpaired) electrons. The van der Waals surface area contributed by atoms with E-state index in [2.05, 4.69) is 5.32 Å². The number of hydrogen-bond acceptors (Lipinski definition) is 6. The van der Waals surface area contributed by atoms with Gasteiger partial charge in [-0.05, 0) is 101 Å². The molecule has 1 atom stereocenters. The Morgan fingerprint density at radius 2 is 1.61 bits per heavy atom. The predicted molar refractivity (Wildman–Crippen MR) is 184 cm³/mol. The summed E-state index contributed by atoms with van der Waals surface area (Å²) in [5, 5.41) is 5.76. The van der Waals surface area contributed by atoms with E-state index in [1.807, 2.05) is 45.9 Å². The van der Waals surface area contributed by atoms with Crippen molar-refractivity contribution in [1.82, 2.24) is 8.87 Å². The summed E-state index contributed by atoms with van der Waals surface area (Å²) >= 11 is 12.6. The van der Waals surface area contributed by atoms with Crippen molar-refractivity contribution in [3.05, 3.63) is 94.5 Å². The van der Waals surface area contributed by atoms with Gasteiger partial charge < -0.3 is 19.7 Å². The van der Waals surface area contributed by atoms with Gasteiger partial charge in [-0.3, -0.25) is 0 Å². The minimum absolute atomic E-state index is 0.144. The fourth-order valence-corrected chi connectivity index (χ4v) is 7.58.